The number of rotatable bonds is 4. The molecule has 0 fully saturated rings. The average Bonchev–Trinajstić information content (AvgIpc) is 3.14. The van der Waals surface area contributed by atoms with Crippen molar-refractivity contribution in [2.75, 3.05) is 0 Å². The van der Waals surface area contributed by atoms with Crippen LogP contribution in [-0.2, 0) is 0 Å². The van der Waals surface area contributed by atoms with Crippen LogP contribution in [0.25, 0.3) is 11.1 Å². The maximum absolute atomic E-state index is 6.74. The van der Waals surface area contributed by atoms with E-state index in [1.54, 1.807) is 0 Å². The molecular formula is C24H22Cl2Si. The van der Waals surface area contributed by atoms with Gasteiger partial charge < -0.3 is 0 Å². The van der Waals surface area contributed by atoms with Crippen LogP contribution in [0.1, 0.15) is 37.8 Å². The summed E-state index contributed by atoms with van der Waals surface area (Å²) in [6.07, 6.45) is 1.69. The maximum Gasteiger partial charge on any atom is 0.0912 e. The zero-order valence-corrected chi connectivity index (χ0v) is 18.6. The van der Waals surface area contributed by atoms with Gasteiger partial charge in [-0.3, -0.25) is 0 Å². The molecule has 2 aromatic rings. The normalized spacial score (nSPS) is 17.6. The van der Waals surface area contributed by atoms with Crippen molar-refractivity contribution in [1.29, 1.82) is 0 Å². The van der Waals surface area contributed by atoms with Crippen LogP contribution >= 0.6 is 23.2 Å². The molecule has 0 aliphatic heterocycles. The summed E-state index contributed by atoms with van der Waals surface area (Å²) in [6, 6.07) is 21.2. The van der Waals surface area contributed by atoms with E-state index in [0.717, 1.165) is 22.9 Å². The Morgan fingerprint density at radius 2 is 1.00 bits per heavy atom. The van der Waals surface area contributed by atoms with E-state index in [1.807, 2.05) is 0 Å². The molecule has 0 amide bonds. The first kappa shape index (κ1) is 18.6. The quantitative estimate of drug-likeness (QED) is 0.487. The summed E-state index contributed by atoms with van der Waals surface area (Å²) in [7, 11) is -0.719. The third kappa shape index (κ3) is 3.52. The Balaban J connectivity index is 1.65. The van der Waals surface area contributed by atoms with Gasteiger partial charge >= 0.3 is 0 Å². The van der Waals surface area contributed by atoms with E-state index >= 15 is 0 Å². The van der Waals surface area contributed by atoms with Crippen LogP contribution in [0.5, 0.6) is 0 Å². The highest BCUT2D eigenvalue weighted by Crippen LogP contribution is 2.44. The second-order valence-corrected chi connectivity index (χ2v) is 9.92. The minimum atomic E-state index is -0.719. The first-order valence-corrected chi connectivity index (χ1v) is 11.5. The molecule has 0 radical (unpaired) electrons. The molecule has 0 atom stereocenters. The van der Waals surface area contributed by atoms with E-state index in [1.165, 1.54) is 43.8 Å². The Morgan fingerprint density at radius 3 is 1.37 bits per heavy atom. The predicted molar refractivity (Wildman–Crippen MR) is 122 cm³/mol. The minimum absolute atomic E-state index is 0.719. The summed E-state index contributed by atoms with van der Waals surface area (Å²) in [4.78, 5) is 0. The number of allylic oxidation sites excluding steroid dienone is 8. The first-order chi connectivity index (χ1) is 13.1. The number of hydrogen-bond acceptors (Lipinski definition) is 0. The molecule has 0 bridgehead atoms. The summed E-state index contributed by atoms with van der Waals surface area (Å²) < 4.78 is 0. The van der Waals surface area contributed by atoms with Gasteiger partial charge in [0.1, 0.15) is 0 Å². The van der Waals surface area contributed by atoms with Crippen molar-refractivity contribution in [2.24, 2.45) is 0 Å². The molecule has 0 spiro atoms. The van der Waals surface area contributed by atoms with Crippen molar-refractivity contribution in [3.05, 3.63) is 103 Å². The highest BCUT2D eigenvalue weighted by Gasteiger charge is 2.27. The van der Waals surface area contributed by atoms with Crippen molar-refractivity contribution in [3.8, 4) is 0 Å². The second kappa shape index (κ2) is 7.67. The minimum Gasteiger partial charge on any atom is -0.0889 e. The largest absolute Gasteiger partial charge is 0.0912 e. The van der Waals surface area contributed by atoms with Crippen LogP contribution in [0.2, 0.25) is 0 Å². The van der Waals surface area contributed by atoms with Crippen LogP contribution in [-0.4, -0.2) is 9.52 Å². The lowest BCUT2D eigenvalue weighted by atomic mass is 10.0. The van der Waals surface area contributed by atoms with E-state index in [4.69, 9.17) is 23.2 Å². The third-order valence-electron chi connectivity index (χ3n) is 5.73. The molecule has 0 N–H and O–H groups in total. The molecule has 2 aliphatic rings. The molecule has 0 aromatic heterocycles. The summed E-state index contributed by atoms with van der Waals surface area (Å²) >= 11 is 13.5. The second-order valence-electron chi connectivity index (χ2n) is 7.24. The van der Waals surface area contributed by atoms with Gasteiger partial charge in [-0.25, -0.2) is 0 Å². The molecule has 2 aromatic carbocycles. The molecule has 0 heterocycles. The van der Waals surface area contributed by atoms with Gasteiger partial charge in [-0.1, -0.05) is 83.9 Å². The smallest absolute Gasteiger partial charge is 0.0889 e. The first-order valence-electron chi connectivity index (χ1n) is 9.32. The van der Waals surface area contributed by atoms with Crippen LogP contribution in [0, 0.1) is 0 Å². The molecule has 27 heavy (non-hydrogen) atoms. The number of halogens is 2. The highest BCUT2D eigenvalue weighted by atomic mass is 35.5. The molecule has 3 heteroatoms. The van der Waals surface area contributed by atoms with Crippen LogP contribution in [0.4, 0.5) is 0 Å². The highest BCUT2D eigenvalue weighted by molar-refractivity contribution is 6.62. The summed E-state index contributed by atoms with van der Waals surface area (Å²) in [5, 5.41) is 4.77. The van der Waals surface area contributed by atoms with Gasteiger partial charge in [0, 0.05) is 22.9 Å². The van der Waals surface area contributed by atoms with E-state index in [9.17, 15) is 0 Å². The van der Waals surface area contributed by atoms with Gasteiger partial charge in [0.15, 0.2) is 0 Å². The Hall–Kier alpha value is -1.80. The van der Waals surface area contributed by atoms with E-state index in [0.29, 0.717) is 0 Å². The van der Waals surface area contributed by atoms with Gasteiger partial charge in [-0.15, -0.1) is 0 Å². The Labute approximate surface area is 173 Å². The molecule has 0 saturated carbocycles. The molecule has 136 valence electrons. The van der Waals surface area contributed by atoms with Crippen LogP contribution in [0.3, 0.4) is 0 Å². The van der Waals surface area contributed by atoms with E-state index < -0.39 is 9.52 Å². The van der Waals surface area contributed by atoms with Gasteiger partial charge in [0.2, 0.25) is 0 Å². The standard InChI is InChI=1S/C24H22Cl2Si/c1-15-19(17-9-5-3-6-10-17)13-21(25)23(15)27-24-16(2)20(14-22(24)26)18-11-7-4-8-12-18/h3-12H,13-14,27H2,1-2H3. The molecule has 0 nitrogen and oxygen atoms in total. The Bertz CT molecular complexity index is 925. The Morgan fingerprint density at radius 1 is 0.630 bits per heavy atom. The van der Waals surface area contributed by atoms with Crippen molar-refractivity contribution in [2.45, 2.75) is 26.7 Å². The fraction of sp³-hybridized carbons (Fsp3) is 0.167. The van der Waals surface area contributed by atoms with E-state index in [-0.39, 0.29) is 0 Å². The lowest BCUT2D eigenvalue weighted by molar-refractivity contribution is 1.38. The Kier molecular flexibility index (Phi) is 5.27. The molecule has 2 aliphatic carbocycles. The average molecular weight is 409 g/mol. The predicted octanol–water partition coefficient (Wildman–Crippen LogP) is 6.81. The number of hydrogen-bond donors (Lipinski definition) is 0. The molecule has 0 unspecified atom stereocenters. The monoisotopic (exact) mass is 408 g/mol. The maximum atomic E-state index is 6.74. The SMILES string of the molecule is CC1=C(c2ccccc2)CC(Cl)=C1[SiH2]C1=C(Cl)CC(c2ccccc2)=C1C. The number of benzene rings is 2. The fourth-order valence-corrected chi connectivity index (χ4v) is 7.01. The van der Waals surface area contributed by atoms with Crippen molar-refractivity contribution in [1.82, 2.24) is 0 Å². The zero-order valence-electron chi connectivity index (χ0n) is 15.7. The van der Waals surface area contributed by atoms with Crippen molar-refractivity contribution in [3.63, 3.8) is 0 Å². The molecule has 4 rings (SSSR count). The fourth-order valence-electron chi connectivity index (χ4n) is 4.11. The van der Waals surface area contributed by atoms with Gasteiger partial charge in [0.25, 0.3) is 0 Å². The summed E-state index contributed by atoms with van der Waals surface area (Å²) in [5.74, 6) is 0. The lowest BCUT2D eigenvalue weighted by Gasteiger charge is -2.11. The topological polar surface area (TPSA) is 0 Å². The molecule has 0 saturated heterocycles. The summed E-state index contributed by atoms with van der Waals surface area (Å²) in [6.45, 7) is 4.45. The third-order valence-corrected chi connectivity index (χ3v) is 9.52. The lowest BCUT2D eigenvalue weighted by Crippen LogP contribution is -2.04. The summed E-state index contributed by atoms with van der Waals surface area (Å²) in [5.41, 5.74) is 8.00. The zero-order chi connectivity index (χ0) is 19.0. The van der Waals surface area contributed by atoms with Crippen LogP contribution in [0.15, 0.2) is 92.3 Å². The van der Waals surface area contributed by atoms with E-state index in [2.05, 4.69) is 74.5 Å². The van der Waals surface area contributed by atoms with Crippen LogP contribution < -0.4 is 0 Å². The van der Waals surface area contributed by atoms with Gasteiger partial charge in [0.05, 0.1) is 9.52 Å². The molecular weight excluding hydrogens is 387 g/mol. The van der Waals surface area contributed by atoms with Gasteiger partial charge in [-0.2, -0.15) is 0 Å². The van der Waals surface area contributed by atoms with Crippen molar-refractivity contribution < 1.29 is 0 Å². The van der Waals surface area contributed by atoms with Gasteiger partial charge in [-0.05, 0) is 57.7 Å². The van der Waals surface area contributed by atoms with Crippen molar-refractivity contribution >= 4 is 43.9 Å².